The van der Waals surface area contributed by atoms with Crippen LogP contribution in [0.4, 0.5) is 13.2 Å². The van der Waals surface area contributed by atoms with E-state index in [0.29, 0.717) is 30.5 Å². The minimum atomic E-state index is -4.63. The highest BCUT2D eigenvalue weighted by Crippen LogP contribution is 2.38. The normalized spacial score (nSPS) is 20.0. The van der Waals surface area contributed by atoms with Crippen LogP contribution in [0.2, 0.25) is 0 Å². The average Bonchev–Trinajstić information content (AvgIpc) is 3.60. The quantitative estimate of drug-likeness (QED) is 0.529. The van der Waals surface area contributed by atoms with Crippen LogP contribution >= 0.6 is 0 Å². The molecule has 2 saturated heterocycles. The molecule has 3 atom stereocenters. The number of carbonyl (C=O) groups is 2. The second-order valence-corrected chi connectivity index (χ2v) is 10.1. The Kier molecular flexibility index (Phi) is 6.33. The molecule has 0 radical (unpaired) electrons. The number of hydrogen-bond acceptors (Lipinski definition) is 7. The van der Waals surface area contributed by atoms with Crippen molar-refractivity contribution in [2.45, 2.75) is 51.5 Å². The molecule has 38 heavy (non-hydrogen) atoms. The molecule has 1 aromatic carbocycles. The van der Waals surface area contributed by atoms with E-state index in [0.717, 1.165) is 6.07 Å². The highest BCUT2D eigenvalue weighted by molar-refractivity contribution is 5.98. The maximum atomic E-state index is 13.6. The number of likely N-dealkylation sites (tertiary alicyclic amines) is 2. The largest absolute Gasteiger partial charge is 0.494 e. The van der Waals surface area contributed by atoms with E-state index in [1.165, 1.54) is 19.2 Å². The highest BCUT2D eigenvalue weighted by Gasteiger charge is 2.48. The summed E-state index contributed by atoms with van der Waals surface area (Å²) in [7, 11) is 1.34. The molecular formula is C26H28F3N5O4. The first-order chi connectivity index (χ1) is 17.9. The molecule has 0 aliphatic carbocycles. The number of nitrogens with zero attached hydrogens (tertiary/aromatic N) is 4. The van der Waals surface area contributed by atoms with Crippen LogP contribution in [0.1, 0.15) is 55.2 Å². The number of piperazine rings is 1. The summed E-state index contributed by atoms with van der Waals surface area (Å²) in [6.07, 6.45) is -3.94. The third-order valence-corrected chi connectivity index (χ3v) is 7.11. The number of methoxy groups -OCH3 is 1. The maximum absolute atomic E-state index is 13.6. The molecule has 2 amide bonds. The Morgan fingerprint density at radius 2 is 1.76 bits per heavy atom. The smallest absolute Gasteiger partial charge is 0.433 e. The van der Waals surface area contributed by atoms with Gasteiger partial charge in [0.25, 0.3) is 5.91 Å². The van der Waals surface area contributed by atoms with Gasteiger partial charge in [0.1, 0.15) is 17.0 Å². The first kappa shape index (κ1) is 26.0. The Balaban J connectivity index is 1.51. The van der Waals surface area contributed by atoms with Gasteiger partial charge in [-0.05, 0) is 37.6 Å². The number of alkyl halides is 3. The van der Waals surface area contributed by atoms with Gasteiger partial charge in [0.15, 0.2) is 11.5 Å². The van der Waals surface area contributed by atoms with Crippen LogP contribution < -0.4 is 10.5 Å². The van der Waals surface area contributed by atoms with Crippen molar-refractivity contribution in [2.75, 3.05) is 20.2 Å². The Labute approximate surface area is 216 Å². The third kappa shape index (κ3) is 4.26. The van der Waals surface area contributed by atoms with E-state index in [2.05, 4.69) is 9.97 Å². The number of aromatic nitrogens is 2. The number of ether oxygens (including phenoxy) is 1. The molecule has 2 aromatic heterocycles. The summed E-state index contributed by atoms with van der Waals surface area (Å²) in [4.78, 5) is 37.9. The first-order valence-corrected chi connectivity index (χ1v) is 12.3. The van der Waals surface area contributed by atoms with Crippen molar-refractivity contribution >= 4 is 22.7 Å². The lowest BCUT2D eigenvalue weighted by molar-refractivity contribution is -0.141. The predicted molar refractivity (Wildman–Crippen MR) is 131 cm³/mol. The SMILES string of the molecule is COc1ccc(-c2nc(C(=O)N3C[C@H]4C[C@H]3CN4C(=O)C(C)C)c([C@H](C)N)o2)c2ccc(C(F)(F)F)nc12. The molecule has 0 spiro atoms. The van der Waals surface area contributed by atoms with Gasteiger partial charge in [-0.15, -0.1) is 0 Å². The van der Waals surface area contributed by atoms with E-state index in [1.54, 1.807) is 17.9 Å². The first-order valence-electron chi connectivity index (χ1n) is 12.3. The summed E-state index contributed by atoms with van der Waals surface area (Å²) in [5.41, 5.74) is 5.45. The fourth-order valence-corrected chi connectivity index (χ4v) is 5.26. The summed E-state index contributed by atoms with van der Waals surface area (Å²) in [5.74, 6) is -0.0476. The van der Waals surface area contributed by atoms with Gasteiger partial charge in [0, 0.05) is 30.0 Å². The Bertz CT molecular complexity index is 1420. The second-order valence-electron chi connectivity index (χ2n) is 10.1. The molecule has 2 bridgehead atoms. The van der Waals surface area contributed by atoms with Crippen molar-refractivity contribution in [3.63, 3.8) is 0 Å². The number of hydrogen-bond donors (Lipinski definition) is 1. The van der Waals surface area contributed by atoms with Crippen LogP contribution in [-0.4, -0.2) is 63.9 Å². The molecule has 2 aliphatic heterocycles. The summed E-state index contributed by atoms with van der Waals surface area (Å²) >= 11 is 0. The van der Waals surface area contributed by atoms with E-state index in [-0.39, 0.29) is 58.4 Å². The summed E-state index contributed by atoms with van der Waals surface area (Å²) in [5, 5.41) is 0.317. The zero-order valence-electron chi connectivity index (χ0n) is 21.4. The topological polar surface area (TPSA) is 115 Å². The summed E-state index contributed by atoms with van der Waals surface area (Å²) in [6.45, 7) is 6.21. The molecule has 0 unspecified atom stereocenters. The van der Waals surface area contributed by atoms with Crippen LogP contribution in [-0.2, 0) is 11.0 Å². The lowest BCUT2D eigenvalue weighted by atomic mass is 10.1. The number of nitrogens with two attached hydrogens (primary N) is 1. The van der Waals surface area contributed by atoms with E-state index in [1.807, 2.05) is 18.7 Å². The van der Waals surface area contributed by atoms with Gasteiger partial charge in [-0.2, -0.15) is 13.2 Å². The van der Waals surface area contributed by atoms with E-state index >= 15 is 0 Å². The maximum Gasteiger partial charge on any atom is 0.433 e. The lowest BCUT2D eigenvalue weighted by Gasteiger charge is -2.34. The third-order valence-electron chi connectivity index (χ3n) is 7.11. The average molecular weight is 532 g/mol. The molecule has 12 heteroatoms. The zero-order valence-corrected chi connectivity index (χ0v) is 21.4. The van der Waals surface area contributed by atoms with Crippen LogP contribution in [0, 0.1) is 5.92 Å². The number of rotatable bonds is 5. The molecule has 2 N–H and O–H groups in total. The lowest BCUT2D eigenvalue weighted by Crippen LogP contribution is -2.51. The molecule has 5 rings (SSSR count). The molecule has 3 aromatic rings. The van der Waals surface area contributed by atoms with Gasteiger partial charge >= 0.3 is 6.18 Å². The molecule has 0 saturated carbocycles. The number of benzene rings is 1. The molecule has 2 fully saturated rings. The minimum Gasteiger partial charge on any atom is -0.494 e. The van der Waals surface area contributed by atoms with E-state index in [9.17, 15) is 22.8 Å². The molecular weight excluding hydrogens is 503 g/mol. The Hall–Kier alpha value is -3.67. The number of carbonyl (C=O) groups excluding carboxylic acids is 2. The van der Waals surface area contributed by atoms with Gasteiger partial charge in [-0.3, -0.25) is 9.59 Å². The number of pyridine rings is 1. The van der Waals surface area contributed by atoms with Crippen molar-refractivity contribution in [3.05, 3.63) is 41.4 Å². The standard InChI is InChI=1S/C26H28F3N5O4/c1-12(2)24(35)33-10-15-9-14(33)11-34(15)25(36)21-22(13(3)30)38-23(32-21)17-5-7-18(37-4)20-16(17)6-8-19(31-20)26(27,28)29/h5-8,12-15H,9-11,30H2,1-4H3/t13-,14+,15-/m0/s1. The summed E-state index contributed by atoms with van der Waals surface area (Å²) < 4.78 is 51.1. The van der Waals surface area contributed by atoms with Gasteiger partial charge in [0.2, 0.25) is 11.8 Å². The number of halogens is 3. The van der Waals surface area contributed by atoms with Crippen LogP contribution in [0.3, 0.4) is 0 Å². The van der Waals surface area contributed by atoms with Crippen molar-refractivity contribution < 1.29 is 31.9 Å². The molecule has 9 nitrogen and oxygen atoms in total. The van der Waals surface area contributed by atoms with E-state index < -0.39 is 17.9 Å². The zero-order chi connectivity index (χ0) is 27.5. The predicted octanol–water partition coefficient (Wildman–Crippen LogP) is 4.02. The number of fused-ring (bicyclic) bond motifs is 3. The van der Waals surface area contributed by atoms with Crippen molar-refractivity contribution in [3.8, 4) is 17.2 Å². The van der Waals surface area contributed by atoms with E-state index in [4.69, 9.17) is 14.9 Å². The number of amides is 2. The molecule has 4 heterocycles. The van der Waals surface area contributed by atoms with Crippen LogP contribution in [0.15, 0.2) is 28.7 Å². The molecule has 2 aliphatic rings. The minimum absolute atomic E-state index is 0.0139. The fraction of sp³-hybridized carbons (Fsp3) is 0.462. The Morgan fingerprint density at radius 1 is 1.08 bits per heavy atom. The summed E-state index contributed by atoms with van der Waals surface area (Å²) in [6, 6.07) is 4.36. The van der Waals surface area contributed by atoms with Crippen molar-refractivity contribution in [2.24, 2.45) is 11.7 Å². The van der Waals surface area contributed by atoms with Gasteiger partial charge in [0.05, 0.1) is 25.2 Å². The Morgan fingerprint density at radius 3 is 2.34 bits per heavy atom. The van der Waals surface area contributed by atoms with Crippen molar-refractivity contribution in [1.29, 1.82) is 0 Å². The highest BCUT2D eigenvalue weighted by atomic mass is 19.4. The van der Waals surface area contributed by atoms with Crippen LogP contribution in [0.25, 0.3) is 22.4 Å². The van der Waals surface area contributed by atoms with Gasteiger partial charge < -0.3 is 24.7 Å². The number of oxazole rings is 1. The monoisotopic (exact) mass is 531 g/mol. The second kappa shape index (κ2) is 9.26. The van der Waals surface area contributed by atoms with Crippen molar-refractivity contribution in [1.82, 2.24) is 19.8 Å². The molecule has 202 valence electrons. The van der Waals surface area contributed by atoms with Gasteiger partial charge in [-0.1, -0.05) is 13.8 Å². The van der Waals surface area contributed by atoms with Gasteiger partial charge in [-0.25, -0.2) is 9.97 Å². The van der Waals surface area contributed by atoms with Crippen LogP contribution in [0.5, 0.6) is 5.75 Å². The fourth-order valence-electron chi connectivity index (χ4n) is 5.26.